The largest absolute Gasteiger partial charge is 0.481 e. The van der Waals surface area contributed by atoms with E-state index in [0.717, 1.165) is 0 Å². The fraction of sp³-hybridized carbons (Fsp3) is 0.640. The topological polar surface area (TPSA) is 356 Å². The summed E-state index contributed by atoms with van der Waals surface area (Å²) >= 11 is 0. The Morgan fingerprint density at radius 3 is 1.58 bits per heavy atom. The van der Waals surface area contributed by atoms with Crippen molar-refractivity contribution < 1.29 is 58.8 Å². The number of carbonyl (C=O) groups is 8. The maximum Gasteiger partial charge on any atom is 0.326 e. The highest BCUT2D eigenvalue weighted by atomic mass is 16.4. The van der Waals surface area contributed by atoms with Crippen molar-refractivity contribution >= 4 is 53.5 Å². The molecule has 45 heavy (non-hydrogen) atoms. The number of aliphatic carboxylic acids is 4. The standard InChI is InChI=1S/C25H42N8O12/c1-11(2)8-16(24(44)45)33-23(43)15(10-19(38)39)32-22(42)14(5-6-17(34)35)31-21(41)13(4-3-7-29-25(27)28)30-20(40)12(26)9-18(36)37/h11-16H,3-10,26H2,1-2H3,(H,30,40)(H,31,41)(H,32,42)(H,33,43)(H,34,35)(H,36,37)(H,38,39)(H,44,45)(H4,27,28,29)/t12-,13-,14-,15-,16-/m0/s1. The molecule has 14 N–H and O–H groups in total. The normalized spacial score (nSPS) is 14.0. The van der Waals surface area contributed by atoms with Crippen molar-refractivity contribution in [2.75, 3.05) is 6.54 Å². The van der Waals surface area contributed by atoms with Crippen LogP contribution in [0.5, 0.6) is 0 Å². The summed E-state index contributed by atoms with van der Waals surface area (Å²) in [7, 11) is 0. The number of hydrogen-bond donors (Lipinski definition) is 11. The second kappa shape index (κ2) is 20.0. The predicted octanol–water partition coefficient (Wildman–Crippen LogP) is -3.75. The van der Waals surface area contributed by atoms with Gasteiger partial charge in [0.2, 0.25) is 23.6 Å². The van der Waals surface area contributed by atoms with Gasteiger partial charge >= 0.3 is 23.9 Å². The molecule has 0 bridgehead atoms. The van der Waals surface area contributed by atoms with Crippen LogP contribution in [0, 0.1) is 5.92 Å². The number of nitrogens with one attached hydrogen (secondary N) is 4. The Morgan fingerprint density at radius 2 is 1.11 bits per heavy atom. The number of aliphatic imine (C=N–C) groups is 1. The summed E-state index contributed by atoms with van der Waals surface area (Å²) in [5.41, 5.74) is 16.1. The Bertz CT molecular complexity index is 1130. The molecule has 0 saturated carbocycles. The zero-order valence-corrected chi connectivity index (χ0v) is 24.9. The van der Waals surface area contributed by atoms with Crippen LogP contribution >= 0.6 is 0 Å². The van der Waals surface area contributed by atoms with Gasteiger partial charge in [-0.1, -0.05) is 13.8 Å². The van der Waals surface area contributed by atoms with Crippen LogP contribution in [0.3, 0.4) is 0 Å². The molecule has 0 radical (unpaired) electrons. The second-order valence-corrected chi connectivity index (χ2v) is 10.4. The third-order valence-electron chi connectivity index (χ3n) is 5.92. The van der Waals surface area contributed by atoms with Gasteiger partial charge in [-0.2, -0.15) is 0 Å². The Morgan fingerprint density at radius 1 is 0.644 bits per heavy atom. The van der Waals surface area contributed by atoms with Crippen molar-refractivity contribution in [2.45, 2.75) is 89.0 Å². The molecule has 4 amide bonds. The van der Waals surface area contributed by atoms with E-state index in [2.05, 4.69) is 26.3 Å². The smallest absolute Gasteiger partial charge is 0.326 e. The highest BCUT2D eigenvalue weighted by Gasteiger charge is 2.33. The second-order valence-electron chi connectivity index (χ2n) is 10.4. The lowest BCUT2D eigenvalue weighted by Crippen LogP contribution is -2.59. The summed E-state index contributed by atoms with van der Waals surface area (Å²) in [5, 5.41) is 45.5. The first-order chi connectivity index (χ1) is 20.8. The number of nitrogens with zero attached hydrogens (tertiary/aromatic N) is 1. The molecule has 0 spiro atoms. The Labute approximate surface area is 257 Å². The molecule has 5 atom stereocenters. The predicted molar refractivity (Wildman–Crippen MR) is 154 cm³/mol. The van der Waals surface area contributed by atoms with Crippen LogP contribution in [0.4, 0.5) is 0 Å². The van der Waals surface area contributed by atoms with Crippen molar-refractivity contribution in [1.82, 2.24) is 21.3 Å². The Kier molecular flexibility index (Phi) is 17.8. The molecule has 254 valence electrons. The average molecular weight is 647 g/mol. The molecule has 20 nitrogen and oxygen atoms in total. The molecule has 0 aliphatic carbocycles. The SMILES string of the molecule is CC(C)C[C@H](NC(=O)[C@H](CC(=O)O)NC(=O)[C@H](CCC(=O)O)NC(=O)[C@H](CCCN=C(N)N)NC(=O)[C@@H](N)CC(=O)O)C(=O)O. The number of nitrogens with two attached hydrogens (primary N) is 3. The zero-order valence-electron chi connectivity index (χ0n) is 24.9. The molecule has 0 aromatic carbocycles. The fourth-order valence-electron chi connectivity index (χ4n) is 3.76. The third kappa shape index (κ3) is 17.6. The Hall–Kier alpha value is -5.01. The van der Waals surface area contributed by atoms with Crippen LogP contribution in [-0.2, 0) is 38.4 Å². The number of carboxylic acids is 4. The summed E-state index contributed by atoms with van der Waals surface area (Å²) in [4.78, 5) is 101. The molecular formula is C25H42N8O12. The summed E-state index contributed by atoms with van der Waals surface area (Å²) in [5.74, 6) is -10.6. The Balaban J connectivity index is 6.08. The van der Waals surface area contributed by atoms with E-state index >= 15 is 0 Å². The monoisotopic (exact) mass is 646 g/mol. The summed E-state index contributed by atoms with van der Waals surface area (Å²) < 4.78 is 0. The van der Waals surface area contributed by atoms with Crippen molar-refractivity contribution in [3.63, 3.8) is 0 Å². The number of amides is 4. The number of carbonyl (C=O) groups excluding carboxylic acids is 4. The van der Waals surface area contributed by atoms with E-state index in [1.54, 1.807) is 13.8 Å². The number of carboxylic acid groups (broad SMARTS) is 4. The van der Waals surface area contributed by atoms with Gasteiger partial charge in [0, 0.05) is 13.0 Å². The fourth-order valence-corrected chi connectivity index (χ4v) is 3.76. The summed E-state index contributed by atoms with van der Waals surface area (Å²) in [6.07, 6.45) is -3.06. The molecule has 0 unspecified atom stereocenters. The van der Waals surface area contributed by atoms with E-state index in [4.69, 9.17) is 27.4 Å². The first kappa shape index (κ1) is 40.0. The highest BCUT2D eigenvalue weighted by Crippen LogP contribution is 2.08. The summed E-state index contributed by atoms with van der Waals surface area (Å²) in [6.45, 7) is 3.38. The van der Waals surface area contributed by atoms with E-state index in [9.17, 15) is 48.6 Å². The van der Waals surface area contributed by atoms with Crippen molar-refractivity contribution in [3.05, 3.63) is 0 Å². The van der Waals surface area contributed by atoms with E-state index < -0.39 is 103 Å². The van der Waals surface area contributed by atoms with Crippen LogP contribution in [0.25, 0.3) is 0 Å². The van der Waals surface area contributed by atoms with E-state index in [1.165, 1.54) is 0 Å². The zero-order chi connectivity index (χ0) is 34.9. The minimum absolute atomic E-state index is 0.00617. The van der Waals surface area contributed by atoms with Crippen LogP contribution in [0.2, 0.25) is 0 Å². The van der Waals surface area contributed by atoms with E-state index in [1.807, 2.05) is 0 Å². The minimum atomic E-state index is -1.82. The van der Waals surface area contributed by atoms with Crippen LogP contribution < -0.4 is 38.5 Å². The molecule has 20 heteroatoms. The van der Waals surface area contributed by atoms with Crippen molar-refractivity contribution in [2.24, 2.45) is 28.1 Å². The molecule has 0 aromatic rings. The molecule has 0 saturated heterocycles. The lowest BCUT2D eigenvalue weighted by Gasteiger charge is -2.26. The summed E-state index contributed by atoms with van der Waals surface area (Å²) in [6, 6.07) is -7.92. The quantitative estimate of drug-likeness (QED) is 0.0306. The maximum absolute atomic E-state index is 13.2. The van der Waals surface area contributed by atoms with Gasteiger partial charge in [-0.3, -0.25) is 38.6 Å². The van der Waals surface area contributed by atoms with Gasteiger partial charge in [0.1, 0.15) is 24.2 Å². The lowest BCUT2D eigenvalue weighted by atomic mass is 10.0. The molecule has 0 heterocycles. The minimum Gasteiger partial charge on any atom is -0.481 e. The van der Waals surface area contributed by atoms with Gasteiger partial charge in [-0.25, -0.2) is 4.79 Å². The van der Waals surface area contributed by atoms with Gasteiger partial charge < -0.3 is 58.9 Å². The van der Waals surface area contributed by atoms with Crippen molar-refractivity contribution in [1.29, 1.82) is 0 Å². The van der Waals surface area contributed by atoms with Crippen LogP contribution in [0.15, 0.2) is 4.99 Å². The van der Waals surface area contributed by atoms with Crippen molar-refractivity contribution in [3.8, 4) is 0 Å². The van der Waals surface area contributed by atoms with Gasteiger partial charge in [-0.05, 0) is 31.6 Å². The highest BCUT2D eigenvalue weighted by molar-refractivity contribution is 5.97. The lowest BCUT2D eigenvalue weighted by molar-refractivity contribution is -0.144. The number of guanidine groups is 1. The van der Waals surface area contributed by atoms with E-state index in [0.29, 0.717) is 0 Å². The molecule has 0 aliphatic heterocycles. The van der Waals surface area contributed by atoms with Gasteiger partial charge in [-0.15, -0.1) is 0 Å². The first-order valence-corrected chi connectivity index (χ1v) is 13.7. The van der Waals surface area contributed by atoms with Gasteiger partial charge in [0.15, 0.2) is 5.96 Å². The molecule has 0 fully saturated rings. The first-order valence-electron chi connectivity index (χ1n) is 13.7. The van der Waals surface area contributed by atoms with E-state index in [-0.39, 0.29) is 37.7 Å². The number of hydrogen-bond acceptors (Lipinski definition) is 10. The number of rotatable bonds is 22. The molecule has 0 aromatic heterocycles. The molecule has 0 aliphatic rings. The van der Waals surface area contributed by atoms with Crippen LogP contribution in [0.1, 0.15) is 58.8 Å². The average Bonchev–Trinajstić information content (AvgIpc) is 2.90. The molecular weight excluding hydrogens is 604 g/mol. The van der Waals surface area contributed by atoms with Gasteiger partial charge in [0.05, 0.1) is 18.9 Å². The van der Waals surface area contributed by atoms with Crippen LogP contribution in [-0.4, -0.2) is 111 Å². The molecule has 0 rings (SSSR count). The maximum atomic E-state index is 13.2. The van der Waals surface area contributed by atoms with Gasteiger partial charge in [0.25, 0.3) is 0 Å². The third-order valence-corrected chi connectivity index (χ3v) is 5.92.